The van der Waals surface area contributed by atoms with Crippen LogP contribution in [0.1, 0.15) is 34.7 Å². The molecule has 5 heteroatoms. The summed E-state index contributed by atoms with van der Waals surface area (Å²) >= 11 is 0. The average Bonchev–Trinajstić information content (AvgIpc) is 3.26. The zero-order valence-corrected chi connectivity index (χ0v) is 11.8. The molecule has 0 radical (unpaired) electrons. The first-order valence-corrected chi connectivity index (χ1v) is 7.18. The van der Waals surface area contributed by atoms with Crippen LogP contribution in [-0.4, -0.2) is 20.5 Å². The third-order valence-electron chi connectivity index (χ3n) is 3.86. The summed E-state index contributed by atoms with van der Waals surface area (Å²) in [4.78, 5) is 15.6. The van der Waals surface area contributed by atoms with E-state index in [-0.39, 0.29) is 5.56 Å². The second kappa shape index (κ2) is 4.87. The van der Waals surface area contributed by atoms with Gasteiger partial charge >= 0.3 is 5.97 Å². The smallest absolute Gasteiger partial charge is 0.341 e. The molecule has 3 aromatic rings. The molecule has 1 fully saturated rings. The monoisotopic (exact) mass is 294 g/mol. The normalized spacial score (nSPS) is 14.2. The third kappa shape index (κ3) is 2.30. The van der Waals surface area contributed by atoms with Gasteiger partial charge in [-0.25, -0.2) is 9.78 Å². The van der Waals surface area contributed by atoms with Crippen LogP contribution in [0.25, 0.3) is 5.65 Å². The van der Waals surface area contributed by atoms with Gasteiger partial charge < -0.3 is 14.2 Å². The molecule has 0 unspecified atom stereocenters. The van der Waals surface area contributed by atoms with E-state index in [0.29, 0.717) is 23.1 Å². The fourth-order valence-electron chi connectivity index (χ4n) is 2.56. The number of hydrogen-bond donors (Lipinski definition) is 1. The Hall–Kier alpha value is -2.82. The number of rotatable bonds is 4. The SMILES string of the molecule is O=C(O)c1cn2ccnc2cc1Oc1cccc(C2CC2)c1. The number of imidazole rings is 1. The summed E-state index contributed by atoms with van der Waals surface area (Å²) in [5.74, 6) is 0.558. The van der Waals surface area contributed by atoms with Crippen LogP contribution in [0.3, 0.4) is 0 Å². The predicted octanol–water partition coefficient (Wildman–Crippen LogP) is 3.70. The zero-order valence-electron chi connectivity index (χ0n) is 11.8. The van der Waals surface area contributed by atoms with Gasteiger partial charge in [0.2, 0.25) is 0 Å². The minimum absolute atomic E-state index is 0.113. The van der Waals surface area contributed by atoms with Crippen molar-refractivity contribution in [1.29, 1.82) is 0 Å². The molecule has 1 saturated carbocycles. The van der Waals surface area contributed by atoms with E-state index < -0.39 is 5.97 Å². The minimum Gasteiger partial charge on any atom is -0.477 e. The van der Waals surface area contributed by atoms with Crippen molar-refractivity contribution in [3.05, 3.63) is 60.0 Å². The third-order valence-corrected chi connectivity index (χ3v) is 3.86. The standard InChI is InChI=1S/C17H14N2O3/c20-17(21)14-10-19-7-6-18-16(19)9-15(14)22-13-3-1-2-12(8-13)11-4-5-11/h1-3,6-11H,4-5H2,(H,20,21). The molecule has 2 aromatic heterocycles. The summed E-state index contributed by atoms with van der Waals surface area (Å²) in [7, 11) is 0. The molecule has 4 rings (SSSR count). The van der Waals surface area contributed by atoms with E-state index in [4.69, 9.17) is 4.74 Å². The lowest BCUT2D eigenvalue weighted by Gasteiger charge is -2.10. The van der Waals surface area contributed by atoms with Gasteiger partial charge in [0.25, 0.3) is 0 Å². The average molecular weight is 294 g/mol. The number of ether oxygens (including phenoxy) is 1. The molecule has 0 amide bonds. The number of fused-ring (bicyclic) bond motifs is 1. The summed E-state index contributed by atoms with van der Waals surface area (Å²) in [5, 5.41) is 9.38. The largest absolute Gasteiger partial charge is 0.477 e. The molecule has 5 nitrogen and oxygen atoms in total. The quantitative estimate of drug-likeness (QED) is 0.797. The van der Waals surface area contributed by atoms with Crippen molar-refractivity contribution in [3.8, 4) is 11.5 Å². The summed E-state index contributed by atoms with van der Waals surface area (Å²) in [6, 6.07) is 9.50. The van der Waals surface area contributed by atoms with Crippen LogP contribution in [0.5, 0.6) is 11.5 Å². The van der Waals surface area contributed by atoms with Gasteiger partial charge in [0, 0.05) is 24.7 Å². The molecule has 0 bridgehead atoms. The van der Waals surface area contributed by atoms with Crippen molar-refractivity contribution in [2.24, 2.45) is 0 Å². The predicted molar refractivity (Wildman–Crippen MR) is 80.6 cm³/mol. The fourth-order valence-corrected chi connectivity index (χ4v) is 2.56. The highest BCUT2D eigenvalue weighted by Crippen LogP contribution is 2.41. The molecule has 110 valence electrons. The molecule has 1 aliphatic rings. The highest BCUT2D eigenvalue weighted by molar-refractivity contribution is 5.91. The Morgan fingerprint density at radius 1 is 1.32 bits per heavy atom. The lowest BCUT2D eigenvalue weighted by molar-refractivity contribution is 0.0693. The van der Waals surface area contributed by atoms with Crippen molar-refractivity contribution in [1.82, 2.24) is 9.38 Å². The Bertz CT molecular complexity index is 865. The van der Waals surface area contributed by atoms with Crippen LogP contribution in [0.4, 0.5) is 0 Å². The van der Waals surface area contributed by atoms with Gasteiger partial charge in [-0.15, -0.1) is 0 Å². The fraction of sp³-hybridized carbons (Fsp3) is 0.176. The first-order valence-electron chi connectivity index (χ1n) is 7.18. The number of nitrogens with zero attached hydrogens (tertiary/aromatic N) is 2. The Morgan fingerprint density at radius 2 is 2.18 bits per heavy atom. The molecular formula is C17H14N2O3. The maximum absolute atomic E-state index is 11.4. The Labute approximate surface area is 126 Å². The number of carboxylic acids is 1. The second-order valence-corrected chi connectivity index (χ2v) is 5.50. The number of benzene rings is 1. The summed E-state index contributed by atoms with van der Waals surface area (Å²) < 4.78 is 7.50. The van der Waals surface area contributed by atoms with Gasteiger partial charge in [0.15, 0.2) is 0 Å². The number of carboxylic acid groups (broad SMARTS) is 1. The Balaban J connectivity index is 1.74. The van der Waals surface area contributed by atoms with E-state index in [9.17, 15) is 9.90 Å². The van der Waals surface area contributed by atoms with Crippen LogP contribution in [-0.2, 0) is 0 Å². The first kappa shape index (κ1) is 12.9. The van der Waals surface area contributed by atoms with Crippen LogP contribution in [0.2, 0.25) is 0 Å². The molecule has 0 aliphatic heterocycles. The Morgan fingerprint density at radius 3 is 2.95 bits per heavy atom. The maximum Gasteiger partial charge on any atom is 0.341 e. The molecule has 0 spiro atoms. The number of aromatic nitrogens is 2. The molecule has 0 atom stereocenters. The van der Waals surface area contributed by atoms with Crippen LogP contribution >= 0.6 is 0 Å². The number of hydrogen-bond acceptors (Lipinski definition) is 3. The van der Waals surface area contributed by atoms with Gasteiger partial charge in [-0.05, 0) is 36.5 Å². The summed E-state index contributed by atoms with van der Waals surface area (Å²) in [6.45, 7) is 0. The highest BCUT2D eigenvalue weighted by atomic mass is 16.5. The topological polar surface area (TPSA) is 63.8 Å². The van der Waals surface area contributed by atoms with Gasteiger partial charge in [0.05, 0.1) is 0 Å². The molecule has 1 N–H and O–H groups in total. The maximum atomic E-state index is 11.4. The van der Waals surface area contributed by atoms with Crippen molar-refractivity contribution in [2.45, 2.75) is 18.8 Å². The summed E-state index contributed by atoms with van der Waals surface area (Å²) in [6.07, 6.45) is 7.27. The van der Waals surface area contributed by atoms with Gasteiger partial charge in [-0.1, -0.05) is 12.1 Å². The molecular weight excluding hydrogens is 280 g/mol. The zero-order chi connectivity index (χ0) is 15.1. The van der Waals surface area contributed by atoms with Gasteiger partial charge in [-0.3, -0.25) is 0 Å². The summed E-state index contributed by atoms with van der Waals surface area (Å²) in [5.41, 5.74) is 2.01. The van der Waals surface area contributed by atoms with E-state index in [1.54, 1.807) is 22.9 Å². The van der Waals surface area contributed by atoms with Crippen molar-refractivity contribution in [2.75, 3.05) is 0 Å². The van der Waals surface area contributed by atoms with Crippen LogP contribution < -0.4 is 4.74 Å². The minimum atomic E-state index is -1.02. The van der Waals surface area contributed by atoms with Gasteiger partial charge in [0.1, 0.15) is 22.7 Å². The molecule has 1 aromatic carbocycles. The second-order valence-electron chi connectivity index (χ2n) is 5.50. The first-order chi connectivity index (χ1) is 10.7. The van der Waals surface area contributed by atoms with E-state index in [1.807, 2.05) is 18.2 Å². The van der Waals surface area contributed by atoms with Crippen molar-refractivity contribution in [3.63, 3.8) is 0 Å². The van der Waals surface area contributed by atoms with E-state index in [1.165, 1.54) is 24.6 Å². The molecule has 1 aliphatic carbocycles. The number of aromatic carboxylic acids is 1. The van der Waals surface area contributed by atoms with Crippen molar-refractivity contribution < 1.29 is 14.6 Å². The van der Waals surface area contributed by atoms with Crippen LogP contribution in [0.15, 0.2) is 48.9 Å². The number of carbonyl (C=O) groups is 1. The molecule has 22 heavy (non-hydrogen) atoms. The van der Waals surface area contributed by atoms with Crippen molar-refractivity contribution >= 4 is 11.6 Å². The molecule has 0 saturated heterocycles. The number of pyridine rings is 1. The Kier molecular flexibility index (Phi) is 2.85. The van der Waals surface area contributed by atoms with Crippen LogP contribution in [0, 0.1) is 0 Å². The van der Waals surface area contributed by atoms with E-state index in [2.05, 4.69) is 11.1 Å². The van der Waals surface area contributed by atoms with E-state index >= 15 is 0 Å². The van der Waals surface area contributed by atoms with E-state index in [0.717, 1.165) is 0 Å². The lowest BCUT2D eigenvalue weighted by Crippen LogP contribution is -2.02. The molecule has 2 heterocycles. The van der Waals surface area contributed by atoms with Gasteiger partial charge in [-0.2, -0.15) is 0 Å². The highest BCUT2D eigenvalue weighted by Gasteiger charge is 2.24. The lowest BCUT2D eigenvalue weighted by atomic mass is 10.1.